The van der Waals surface area contributed by atoms with Crippen LogP contribution in [0.3, 0.4) is 0 Å². The minimum atomic E-state index is -0.292. The van der Waals surface area contributed by atoms with Crippen LogP contribution in [0.4, 0.5) is 0 Å². The van der Waals surface area contributed by atoms with Crippen LogP contribution in [-0.2, 0) is 17.8 Å². The van der Waals surface area contributed by atoms with Crippen molar-refractivity contribution in [2.24, 2.45) is 0 Å². The smallest absolute Gasteiger partial charge is 0.274 e. The summed E-state index contributed by atoms with van der Waals surface area (Å²) < 4.78 is 18.7. The van der Waals surface area contributed by atoms with Crippen molar-refractivity contribution in [2.75, 3.05) is 46.9 Å². The summed E-state index contributed by atoms with van der Waals surface area (Å²) in [4.78, 5) is 30.2. The largest absolute Gasteiger partial charge is 0.493 e. The molecule has 0 spiro atoms. The van der Waals surface area contributed by atoms with Crippen LogP contribution < -0.4 is 14.8 Å². The minimum absolute atomic E-state index is 0.168. The van der Waals surface area contributed by atoms with Crippen LogP contribution in [0, 0.1) is 0 Å². The van der Waals surface area contributed by atoms with Crippen molar-refractivity contribution >= 4 is 11.8 Å². The molecule has 0 atom stereocenters. The average Bonchev–Trinajstić information content (AvgIpc) is 3.48. The Morgan fingerprint density at radius 1 is 1.00 bits per heavy atom. The number of amides is 2. The van der Waals surface area contributed by atoms with Gasteiger partial charge in [-0.1, -0.05) is 63.9 Å². The average molecular weight is 633 g/mol. The Morgan fingerprint density at radius 2 is 1.72 bits per heavy atom. The molecule has 2 heterocycles. The lowest BCUT2D eigenvalue weighted by Crippen LogP contribution is -2.37. The second-order valence-electron chi connectivity index (χ2n) is 12.6. The van der Waals surface area contributed by atoms with Crippen molar-refractivity contribution in [1.82, 2.24) is 20.3 Å². The molecule has 46 heavy (non-hydrogen) atoms. The Balaban J connectivity index is 1.80. The van der Waals surface area contributed by atoms with Crippen molar-refractivity contribution in [3.8, 4) is 33.9 Å². The quantitative estimate of drug-likeness (QED) is 0.169. The highest BCUT2D eigenvalue weighted by atomic mass is 16.5. The third-order valence-electron chi connectivity index (χ3n) is 8.37. The SMILES string of the molecule is CCCCOc1cc(OCCCC)c(C(C)C)cc1-c1onc(C(=O)NCC)c1-c1ccc2c(c1)CCN(C(=O)CCN(C)C)C2. The number of unbranched alkanes of at least 4 members (excludes halogenated alkanes) is 2. The fourth-order valence-corrected chi connectivity index (χ4v) is 5.64. The summed E-state index contributed by atoms with van der Waals surface area (Å²) in [6, 6.07) is 10.3. The Kier molecular flexibility index (Phi) is 12.7. The zero-order chi connectivity index (χ0) is 33.2. The standard InChI is InChI=1S/C37H52N4O5/c1-8-11-19-44-31-23-32(45-20-12-9-2)30(22-29(31)25(4)5)36-34(35(39-46-36)37(43)38-10-3)27-13-14-28-24-41(18-15-26(28)21-27)33(42)16-17-40(6)7/h13-14,21-23,25H,8-12,15-20,24H2,1-7H3,(H,38,43). The molecule has 2 amide bonds. The first kappa shape index (κ1) is 35.0. The first-order valence-corrected chi connectivity index (χ1v) is 16.9. The topological polar surface area (TPSA) is 97.1 Å². The molecular formula is C37H52N4O5. The maximum atomic E-state index is 13.3. The van der Waals surface area contributed by atoms with Crippen molar-refractivity contribution in [2.45, 2.75) is 85.6 Å². The number of ether oxygens (including phenoxy) is 2. The van der Waals surface area contributed by atoms with Gasteiger partial charge >= 0.3 is 0 Å². The Bertz CT molecular complexity index is 1480. The van der Waals surface area contributed by atoms with Crippen LogP contribution >= 0.6 is 0 Å². The van der Waals surface area contributed by atoms with Crippen molar-refractivity contribution in [1.29, 1.82) is 0 Å². The lowest BCUT2D eigenvalue weighted by atomic mass is 9.91. The molecule has 1 aliphatic rings. The number of nitrogens with zero attached hydrogens (tertiary/aromatic N) is 3. The molecule has 3 aromatic rings. The molecule has 2 aromatic carbocycles. The summed E-state index contributed by atoms with van der Waals surface area (Å²) in [5.74, 6) is 2.01. The van der Waals surface area contributed by atoms with Gasteiger partial charge < -0.3 is 29.1 Å². The lowest BCUT2D eigenvalue weighted by Gasteiger charge is -2.29. The number of aromatic nitrogens is 1. The van der Waals surface area contributed by atoms with E-state index in [1.165, 1.54) is 0 Å². The molecule has 250 valence electrons. The molecule has 0 unspecified atom stereocenters. The summed E-state index contributed by atoms with van der Waals surface area (Å²) in [5.41, 5.74) is 5.78. The fraction of sp³-hybridized carbons (Fsp3) is 0.541. The Morgan fingerprint density at radius 3 is 2.37 bits per heavy atom. The summed E-state index contributed by atoms with van der Waals surface area (Å²) in [6.45, 7) is 14.1. The van der Waals surface area contributed by atoms with E-state index in [1.807, 2.05) is 43.0 Å². The Hall–Kier alpha value is -3.85. The molecule has 0 saturated heterocycles. The van der Waals surface area contributed by atoms with Crippen LogP contribution in [0.25, 0.3) is 22.5 Å². The predicted octanol–water partition coefficient (Wildman–Crippen LogP) is 7.08. The lowest BCUT2D eigenvalue weighted by molar-refractivity contribution is -0.132. The summed E-state index contributed by atoms with van der Waals surface area (Å²) in [6.07, 6.45) is 5.16. The molecule has 0 bridgehead atoms. The highest BCUT2D eigenvalue weighted by molar-refractivity contribution is 6.02. The van der Waals surface area contributed by atoms with E-state index in [9.17, 15) is 9.59 Å². The molecule has 0 saturated carbocycles. The molecule has 0 fully saturated rings. The zero-order valence-electron chi connectivity index (χ0n) is 28.8. The molecule has 1 aromatic heterocycles. The Labute approximate surface area is 274 Å². The number of hydrogen-bond acceptors (Lipinski definition) is 7. The van der Waals surface area contributed by atoms with E-state index in [2.05, 4.69) is 56.4 Å². The van der Waals surface area contributed by atoms with Gasteiger partial charge in [-0.3, -0.25) is 9.59 Å². The van der Waals surface area contributed by atoms with Gasteiger partial charge in [0.1, 0.15) is 11.5 Å². The number of carbonyl (C=O) groups is 2. The molecule has 0 aliphatic carbocycles. The van der Waals surface area contributed by atoms with Gasteiger partial charge in [-0.2, -0.15) is 0 Å². The third-order valence-corrected chi connectivity index (χ3v) is 8.37. The number of nitrogens with one attached hydrogen (secondary N) is 1. The van der Waals surface area contributed by atoms with E-state index in [4.69, 9.17) is 14.0 Å². The summed E-state index contributed by atoms with van der Waals surface area (Å²) in [7, 11) is 3.96. The number of carbonyl (C=O) groups excluding carboxylic acids is 2. The third kappa shape index (κ3) is 8.49. The first-order chi connectivity index (χ1) is 22.2. The normalized spacial score (nSPS) is 12.8. The van der Waals surface area contributed by atoms with Crippen molar-refractivity contribution in [3.05, 3.63) is 52.7 Å². The van der Waals surface area contributed by atoms with E-state index >= 15 is 0 Å². The van der Waals surface area contributed by atoms with E-state index in [0.717, 1.165) is 72.2 Å². The summed E-state index contributed by atoms with van der Waals surface area (Å²) >= 11 is 0. The highest BCUT2D eigenvalue weighted by Crippen LogP contribution is 2.44. The predicted molar refractivity (Wildman–Crippen MR) is 183 cm³/mol. The maximum Gasteiger partial charge on any atom is 0.274 e. The fourth-order valence-electron chi connectivity index (χ4n) is 5.64. The number of benzene rings is 2. The molecule has 0 radical (unpaired) electrons. The van der Waals surface area contributed by atoms with Gasteiger partial charge in [0.2, 0.25) is 5.91 Å². The van der Waals surface area contributed by atoms with E-state index in [0.29, 0.717) is 56.3 Å². The molecule has 1 N–H and O–H groups in total. The second kappa shape index (κ2) is 16.6. The van der Waals surface area contributed by atoms with E-state index in [1.54, 1.807) is 0 Å². The van der Waals surface area contributed by atoms with Gasteiger partial charge in [0.15, 0.2) is 11.5 Å². The van der Waals surface area contributed by atoms with E-state index in [-0.39, 0.29) is 23.4 Å². The van der Waals surface area contributed by atoms with Crippen LogP contribution in [0.5, 0.6) is 11.5 Å². The van der Waals surface area contributed by atoms with Gasteiger partial charge in [-0.25, -0.2) is 0 Å². The van der Waals surface area contributed by atoms with Crippen LogP contribution in [0.1, 0.15) is 99.8 Å². The van der Waals surface area contributed by atoms with Crippen molar-refractivity contribution in [3.63, 3.8) is 0 Å². The van der Waals surface area contributed by atoms with E-state index < -0.39 is 0 Å². The number of hydrogen-bond donors (Lipinski definition) is 1. The number of fused-ring (bicyclic) bond motifs is 1. The molecule has 4 rings (SSSR count). The van der Waals surface area contributed by atoms with Crippen molar-refractivity contribution < 1.29 is 23.6 Å². The number of rotatable bonds is 16. The highest BCUT2D eigenvalue weighted by Gasteiger charge is 2.29. The maximum absolute atomic E-state index is 13.3. The minimum Gasteiger partial charge on any atom is -0.493 e. The van der Waals surface area contributed by atoms with Gasteiger partial charge in [0, 0.05) is 38.7 Å². The van der Waals surface area contributed by atoms with Crippen LogP contribution in [0.2, 0.25) is 0 Å². The molecule has 9 heteroatoms. The zero-order valence-corrected chi connectivity index (χ0v) is 28.8. The van der Waals surface area contributed by atoms with Gasteiger partial charge in [0.05, 0.1) is 24.3 Å². The second-order valence-corrected chi connectivity index (χ2v) is 12.6. The first-order valence-electron chi connectivity index (χ1n) is 16.9. The molecule has 9 nitrogen and oxygen atoms in total. The van der Waals surface area contributed by atoms with Gasteiger partial charge in [0.25, 0.3) is 5.91 Å². The van der Waals surface area contributed by atoms with Gasteiger partial charge in [-0.15, -0.1) is 0 Å². The monoisotopic (exact) mass is 632 g/mol. The summed E-state index contributed by atoms with van der Waals surface area (Å²) in [5, 5.41) is 7.23. The van der Waals surface area contributed by atoms with Gasteiger partial charge in [-0.05, 0) is 74.5 Å². The van der Waals surface area contributed by atoms with Crippen LogP contribution in [0.15, 0.2) is 34.9 Å². The molecule has 1 aliphatic heterocycles. The van der Waals surface area contributed by atoms with Crippen LogP contribution in [-0.4, -0.2) is 73.7 Å². The molecular weight excluding hydrogens is 580 g/mol.